The topological polar surface area (TPSA) is 62.9 Å². The Morgan fingerprint density at radius 2 is 2.11 bits per heavy atom. The molecule has 0 amide bonds. The normalized spacial score (nSPS) is 14.5. The number of nitrogens with zero attached hydrogens (tertiary/aromatic N) is 2. The zero-order chi connectivity index (χ0) is 14.2. The van der Waals surface area contributed by atoms with Gasteiger partial charge in [-0.1, -0.05) is 6.92 Å². The van der Waals surface area contributed by atoms with Gasteiger partial charge in [0.25, 0.3) is 0 Å². The number of methoxy groups -OCH3 is 1. The number of hydrogen-bond donors (Lipinski definition) is 2. The molecule has 0 aliphatic carbocycles. The summed E-state index contributed by atoms with van der Waals surface area (Å²) < 4.78 is 42.1. The van der Waals surface area contributed by atoms with E-state index in [1.54, 1.807) is 13.8 Å². The van der Waals surface area contributed by atoms with Crippen molar-refractivity contribution in [2.75, 3.05) is 26.8 Å². The molecule has 3 N–H and O–H groups in total. The lowest BCUT2D eigenvalue weighted by molar-refractivity contribution is -0.138. The van der Waals surface area contributed by atoms with Crippen LogP contribution in [0.3, 0.4) is 0 Å². The van der Waals surface area contributed by atoms with E-state index in [1.807, 2.05) is 0 Å². The Kier molecular flexibility index (Phi) is 7.69. The summed E-state index contributed by atoms with van der Waals surface area (Å²) in [6.07, 6.45) is -3.73. The summed E-state index contributed by atoms with van der Waals surface area (Å²) in [6.45, 7) is 2.98. The molecule has 0 aliphatic heterocycles. The van der Waals surface area contributed by atoms with Crippen LogP contribution in [0, 0.1) is 0 Å². The highest BCUT2D eigenvalue weighted by Crippen LogP contribution is 2.16. The highest BCUT2D eigenvalue weighted by Gasteiger charge is 2.31. The standard InChI is InChI=1S/C10H21F3N4O/c1-4-5-17(7-10(11,12)13)9(16-14)15-8(2)6-18-3/h8H,4-7,14H2,1-3H3,(H,15,16). The van der Waals surface area contributed by atoms with Crippen LogP contribution in [-0.2, 0) is 4.74 Å². The van der Waals surface area contributed by atoms with Gasteiger partial charge < -0.3 is 9.64 Å². The van der Waals surface area contributed by atoms with Gasteiger partial charge in [0.15, 0.2) is 0 Å². The Morgan fingerprint density at radius 3 is 2.50 bits per heavy atom. The van der Waals surface area contributed by atoms with E-state index in [1.165, 1.54) is 7.11 Å². The summed E-state index contributed by atoms with van der Waals surface area (Å²) >= 11 is 0. The van der Waals surface area contributed by atoms with Crippen LogP contribution in [0.1, 0.15) is 20.3 Å². The van der Waals surface area contributed by atoms with Gasteiger partial charge >= 0.3 is 6.18 Å². The molecule has 0 rings (SSSR count). The van der Waals surface area contributed by atoms with E-state index in [0.717, 1.165) is 4.90 Å². The minimum Gasteiger partial charge on any atom is -0.382 e. The molecular formula is C10H21F3N4O. The quantitative estimate of drug-likeness (QED) is 0.328. The Labute approximate surface area is 105 Å². The van der Waals surface area contributed by atoms with Crippen LogP contribution in [0.15, 0.2) is 4.99 Å². The third kappa shape index (κ3) is 7.33. The zero-order valence-electron chi connectivity index (χ0n) is 10.9. The van der Waals surface area contributed by atoms with Gasteiger partial charge in [-0.15, -0.1) is 0 Å². The molecule has 108 valence electrons. The maximum Gasteiger partial charge on any atom is 0.406 e. The second-order valence-electron chi connectivity index (χ2n) is 3.94. The summed E-state index contributed by atoms with van der Waals surface area (Å²) in [5, 5.41) is 0. The van der Waals surface area contributed by atoms with Crippen molar-refractivity contribution in [3.63, 3.8) is 0 Å². The average Bonchev–Trinajstić information content (AvgIpc) is 2.24. The molecule has 5 nitrogen and oxygen atoms in total. The Balaban J connectivity index is 4.80. The summed E-state index contributed by atoms with van der Waals surface area (Å²) in [7, 11) is 1.50. The third-order valence-corrected chi connectivity index (χ3v) is 2.04. The molecule has 0 radical (unpaired) electrons. The van der Waals surface area contributed by atoms with Crippen molar-refractivity contribution in [2.24, 2.45) is 10.8 Å². The number of ether oxygens (including phenoxy) is 1. The highest BCUT2D eigenvalue weighted by molar-refractivity contribution is 5.79. The van der Waals surface area contributed by atoms with E-state index >= 15 is 0 Å². The molecule has 0 fully saturated rings. The monoisotopic (exact) mass is 270 g/mol. The number of alkyl halides is 3. The smallest absolute Gasteiger partial charge is 0.382 e. The van der Waals surface area contributed by atoms with E-state index in [0.29, 0.717) is 13.0 Å². The summed E-state index contributed by atoms with van der Waals surface area (Å²) in [4.78, 5) is 5.14. The van der Waals surface area contributed by atoms with Gasteiger partial charge in [-0.2, -0.15) is 13.2 Å². The molecule has 8 heteroatoms. The molecule has 0 heterocycles. The van der Waals surface area contributed by atoms with Gasteiger partial charge in [0, 0.05) is 13.7 Å². The fraction of sp³-hybridized carbons (Fsp3) is 0.900. The van der Waals surface area contributed by atoms with E-state index in [4.69, 9.17) is 10.6 Å². The fourth-order valence-corrected chi connectivity index (χ4v) is 1.44. The van der Waals surface area contributed by atoms with Crippen molar-refractivity contribution >= 4 is 5.96 Å². The molecule has 1 unspecified atom stereocenters. The number of nitrogens with one attached hydrogen (secondary N) is 1. The number of hydrazine groups is 1. The molecule has 0 saturated heterocycles. The van der Waals surface area contributed by atoms with Crippen LogP contribution in [0.4, 0.5) is 13.2 Å². The van der Waals surface area contributed by atoms with Gasteiger partial charge in [-0.3, -0.25) is 5.43 Å². The van der Waals surface area contributed by atoms with E-state index in [-0.39, 0.29) is 18.5 Å². The van der Waals surface area contributed by atoms with Crippen LogP contribution in [-0.4, -0.2) is 49.9 Å². The fourth-order valence-electron chi connectivity index (χ4n) is 1.44. The molecule has 0 saturated carbocycles. The number of hydrogen-bond acceptors (Lipinski definition) is 3. The first kappa shape index (κ1) is 17.0. The van der Waals surface area contributed by atoms with Gasteiger partial charge in [0.05, 0.1) is 12.6 Å². The van der Waals surface area contributed by atoms with Gasteiger partial charge in [-0.25, -0.2) is 10.8 Å². The lowest BCUT2D eigenvalue weighted by Gasteiger charge is -2.26. The van der Waals surface area contributed by atoms with Crippen molar-refractivity contribution in [3.05, 3.63) is 0 Å². The maximum atomic E-state index is 12.4. The molecule has 1 atom stereocenters. The lowest BCUT2D eigenvalue weighted by Crippen LogP contribution is -2.49. The minimum atomic E-state index is -4.29. The van der Waals surface area contributed by atoms with Crippen LogP contribution in [0.5, 0.6) is 0 Å². The molecular weight excluding hydrogens is 249 g/mol. The molecule has 18 heavy (non-hydrogen) atoms. The predicted molar refractivity (Wildman–Crippen MR) is 64.0 cm³/mol. The first-order valence-corrected chi connectivity index (χ1v) is 5.69. The van der Waals surface area contributed by atoms with Crippen molar-refractivity contribution in [2.45, 2.75) is 32.5 Å². The van der Waals surface area contributed by atoms with E-state index in [9.17, 15) is 13.2 Å². The lowest BCUT2D eigenvalue weighted by atomic mass is 10.4. The Bertz CT molecular complexity index is 258. The molecule has 0 aromatic carbocycles. The number of rotatable bonds is 6. The summed E-state index contributed by atoms with van der Waals surface area (Å²) in [5.74, 6) is 5.26. The Hall–Kier alpha value is -1.02. The number of halogens is 3. The molecule has 0 aliphatic rings. The largest absolute Gasteiger partial charge is 0.406 e. The molecule has 0 spiro atoms. The Morgan fingerprint density at radius 1 is 1.50 bits per heavy atom. The third-order valence-electron chi connectivity index (χ3n) is 2.04. The second kappa shape index (κ2) is 8.15. The summed E-state index contributed by atoms with van der Waals surface area (Å²) in [5.41, 5.74) is 2.22. The van der Waals surface area contributed by atoms with Crippen LogP contribution in [0.2, 0.25) is 0 Å². The van der Waals surface area contributed by atoms with Gasteiger partial charge in [0.1, 0.15) is 6.54 Å². The second-order valence-corrected chi connectivity index (χ2v) is 3.94. The number of guanidine groups is 1. The van der Waals surface area contributed by atoms with Crippen LogP contribution < -0.4 is 11.3 Å². The van der Waals surface area contributed by atoms with Gasteiger partial charge in [-0.05, 0) is 13.3 Å². The van der Waals surface area contributed by atoms with Crippen molar-refractivity contribution in [1.82, 2.24) is 10.3 Å². The zero-order valence-corrected chi connectivity index (χ0v) is 10.9. The average molecular weight is 270 g/mol. The number of nitrogens with two attached hydrogens (primary N) is 1. The SMILES string of the molecule is CCCN(CC(F)(F)F)C(=NC(C)COC)NN. The molecule has 0 bridgehead atoms. The van der Waals surface area contributed by atoms with E-state index in [2.05, 4.69) is 10.4 Å². The van der Waals surface area contributed by atoms with E-state index < -0.39 is 12.7 Å². The maximum absolute atomic E-state index is 12.4. The van der Waals surface area contributed by atoms with Crippen molar-refractivity contribution in [3.8, 4) is 0 Å². The summed E-state index contributed by atoms with van der Waals surface area (Å²) in [6, 6.07) is -0.270. The van der Waals surface area contributed by atoms with Crippen molar-refractivity contribution in [1.29, 1.82) is 0 Å². The van der Waals surface area contributed by atoms with Crippen LogP contribution in [0.25, 0.3) is 0 Å². The first-order valence-electron chi connectivity index (χ1n) is 5.69. The number of aliphatic imine (C=N–C) groups is 1. The van der Waals surface area contributed by atoms with Crippen LogP contribution >= 0.6 is 0 Å². The van der Waals surface area contributed by atoms with Crippen molar-refractivity contribution < 1.29 is 17.9 Å². The predicted octanol–water partition coefficient (Wildman–Crippen LogP) is 1.11. The first-order chi connectivity index (χ1) is 8.34. The molecule has 0 aromatic heterocycles. The highest BCUT2D eigenvalue weighted by atomic mass is 19.4. The minimum absolute atomic E-state index is 0.0266. The van der Waals surface area contributed by atoms with Gasteiger partial charge in [0.2, 0.25) is 5.96 Å². The molecule has 0 aromatic rings.